The third kappa shape index (κ3) is 3.48. The van der Waals surface area contributed by atoms with Gasteiger partial charge in [0, 0.05) is 27.8 Å². The molecule has 7 heteroatoms. The number of aromatic nitrogens is 2. The number of hydrogen-bond acceptors (Lipinski definition) is 3. The monoisotopic (exact) mass is 351 g/mol. The summed E-state index contributed by atoms with van der Waals surface area (Å²) in [4.78, 5) is 12.2. The molecule has 0 saturated heterocycles. The van der Waals surface area contributed by atoms with Crippen LogP contribution in [0.1, 0.15) is 31.5 Å². The van der Waals surface area contributed by atoms with E-state index in [2.05, 4.69) is 10.4 Å². The second-order valence-corrected chi connectivity index (χ2v) is 7.93. The van der Waals surface area contributed by atoms with Crippen LogP contribution in [0.25, 0.3) is 5.69 Å². The van der Waals surface area contributed by atoms with E-state index < -0.39 is 10.8 Å². The summed E-state index contributed by atoms with van der Waals surface area (Å²) in [6.45, 7) is 3.99. The molecule has 1 aromatic carbocycles. The van der Waals surface area contributed by atoms with Crippen molar-refractivity contribution in [2.24, 2.45) is 5.92 Å². The van der Waals surface area contributed by atoms with Crippen molar-refractivity contribution in [3.05, 3.63) is 40.5 Å². The minimum atomic E-state index is -0.946. The molecule has 0 saturated carbocycles. The van der Waals surface area contributed by atoms with Gasteiger partial charge in [0.1, 0.15) is 5.82 Å². The van der Waals surface area contributed by atoms with E-state index in [1.54, 1.807) is 16.8 Å². The van der Waals surface area contributed by atoms with E-state index in [9.17, 15) is 9.00 Å². The van der Waals surface area contributed by atoms with Crippen LogP contribution in [0.4, 0.5) is 5.82 Å². The maximum Gasteiger partial charge on any atom is 0.225 e. The Balaban J connectivity index is 2.01. The molecular weight excluding hydrogens is 334 g/mol. The Morgan fingerprint density at radius 3 is 2.91 bits per heavy atom. The molecule has 2 aromatic rings. The average Bonchev–Trinajstić information content (AvgIpc) is 2.96. The molecule has 23 heavy (non-hydrogen) atoms. The Morgan fingerprint density at radius 1 is 1.43 bits per heavy atom. The van der Waals surface area contributed by atoms with Gasteiger partial charge in [0.05, 0.1) is 22.9 Å². The molecule has 1 amide bonds. The third-order valence-corrected chi connectivity index (χ3v) is 5.02. The van der Waals surface area contributed by atoms with Crippen molar-refractivity contribution < 1.29 is 9.00 Å². The Morgan fingerprint density at radius 2 is 2.22 bits per heavy atom. The zero-order valence-electron chi connectivity index (χ0n) is 13.0. The first kappa shape index (κ1) is 16.2. The third-order valence-electron chi connectivity index (χ3n) is 3.57. The highest BCUT2D eigenvalue weighted by atomic mass is 35.5. The molecule has 5 nitrogen and oxygen atoms in total. The Kier molecular flexibility index (Phi) is 4.55. The molecule has 122 valence electrons. The van der Waals surface area contributed by atoms with Crippen LogP contribution < -0.4 is 5.32 Å². The van der Waals surface area contributed by atoms with Crippen molar-refractivity contribution in [1.29, 1.82) is 0 Å². The van der Waals surface area contributed by atoms with Crippen LogP contribution in [0.15, 0.2) is 24.3 Å². The highest BCUT2D eigenvalue weighted by Crippen LogP contribution is 2.32. The maximum atomic E-state index is 12.2. The summed E-state index contributed by atoms with van der Waals surface area (Å²) in [7, 11) is -0.946. The highest BCUT2D eigenvalue weighted by Gasteiger charge is 2.28. The zero-order chi connectivity index (χ0) is 16.6. The molecule has 0 aliphatic carbocycles. The number of anilines is 1. The first-order chi connectivity index (χ1) is 10.9. The number of carbonyl (C=O) groups excluding carboxylic acids is 1. The number of halogens is 1. The van der Waals surface area contributed by atoms with Crippen LogP contribution in [0, 0.1) is 5.92 Å². The van der Waals surface area contributed by atoms with Gasteiger partial charge >= 0.3 is 0 Å². The molecule has 0 spiro atoms. The molecule has 0 fully saturated rings. The number of rotatable bonds is 4. The maximum absolute atomic E-state index is 12.2. The van der Waals surface area contributed by atoms with E-state index >= 15 is 0 Å². The molecule has 1 N–H and O–H groups in total. The van der Waals surface area contributed by atoms with Crippen molar-refractivity contribution in [3.8, 4) is 5.69 Å². The van der Waals surface area contributed by atoms with Crippen LogP contribution in [0.3, 0.4) is 0 Å². The predicted octanol–water partition coefficient (Wildman–Crippen LogP) is 3.27. The van der Waals surface area contributed by atoms with E-state index in [1.165, 1.54) is 0 Å². The lowest BCUT2D eigenvalue weighted by atomic mass is 10.1. The van der Waals surface area contributed by atoms with Crippen LogP contribution in [0.5, 0.6) is 0 Å². The van der Waals surface area contributed by atoms with E-state index in [0.29, 0.717) is 28.8 Å². The standard InChI is InChI=1S/C16H18ClN3O2S/c1-10(2)6-15(21)18-16-13-8-23(22)9-14(13)19-20(16)12-5-3-4-11(17)7-12/h3-5,7,10H,6,8-9H2,1-2H3,(H,18,21)/t23-/m1/s1. The van der Waals surface area contributed by atoms with Gasteiger partial charge in [-0.3, -0.25) is 9.00 Å². The summed E-state index contributed by atoms with van der Waals surface area (Å²) >= 11 is 6.06. The smallest absolute Gasteiger partial charge is 0.225 e. The summed E-state index contributed by atoms with van der Waals surface area (Å²) in [5, 5.41) is 8.08. The summed E-state index contributed by atoms with van der Waals surface area (Å²) in [5.74, 6) is 1.66. The Bertz CT molecular complexity index is 786. The summed E-state index contributed by atoms with van der Waals surface area (Å²) in [5.41, 5.74) is 2.42. The fourth-order valence-electron chi connectivity index (χ4n) is 2.60. The molecule has 0 radical (unpaired) electrons. The van der Waals surface area contributed by atoms with Crippen LogP contribution in [0.2, 0.25) is 5.02 Å². The fraction of sp³-hybridized carbons (Fsp3) is 0.375. The van der Waals surface area contributed by atoms with Crippen molar-refractivity contribution in [1.82, 2.24) is 9.78 Å². The molecule has 1 aliphatic rings. The Labute approximate surface area is 142 Å². The Hall–Kier alpha value is -1.66. The number of carbonyl (C=O) groups is 1. The quantitative estimate of drug-likeness (QED) is 0.919. The van der Waals surface area contributed by atoms with Gasteiger partial charge in [0.15, 0.2) is 0 Å². The fourth-order valence-corrected chi connectivity index (χ4v) is 4.05. The number of nitrogens with zero attached hydrogens (tertiary/aromatic N) is 2. The van der Waals surface area contributed by atoms with E-state index in [-0.39, 0.29) is 11.8 Å². The number of hydrogen-bond donors (Lipinski definition) is 1. The highest BCUT2D eigenvalue weighted by molar-refractivity contribution is 7.83. The second kappa shape index (κ2) is 6.45. The minimum absolute atomic E-state index is 0.0661. The molecule has 2 heterocycles. The molecular formula is C16H18ClN3O2S. The molecule has 1 aromatic heterocycles. The van der Waals surface area contributed by atoms with Crippen molar-refractivity contribution in [2.45, 2.75) is 31.8 Å². The van der Waals surface area contributed by atoms with Crippen molar-refractivity contribution >= 4 is 34.1 Å². The lowest BCUT2D eigenvalue weighted by Crippen LogP contribution is -2.17. The predicted molar refractivity (Wildman–Crippen MR) is 92.2 cm³/mol. The number of amides is 1. The lowest BCUT2D eigenvalue weighted by molar-refractivity contribution is -0.116. The van der Waals surface area contributed by atoms with Crippen LogP contribution in [-0.4, -0.2) is 19.9 Å². The normalized spacial score (nSPS) is 16.6. The average molecular weight is 352 g/mol. The van der Waals surface area contributed by atoms with Gasteiger partial charge in [0.2, 0.25) is 5.91 Å². The van der Waals surface area contributed by atoms with Crippen molar-refractivity contribution in [3.63, 3.8) is 0 Å². The minimum Gasteiger partial charge on any atom is -0.310 e. The summed E-state index contributed by atoms with van der Waals surface area (Å²) in [6, 6.07) is 7.29. The summed E-state index contributed by atoms with van der Waals surface area (Å²) < 4.78 is 13.5. The SMILES string of the molecule is CC(C)CC(=O)Nc1c2c(nn1-c1cccc(Cl)c1)C[S@](=O)C2. The number of nitrogens with one attached hydrogen (secondary N) is 1. The first-order valence-corrected chi connectivity index (χ1v) is 9.32. The molecule has 3 rings (SSSR count). The topological polar surface area (TPSA) is 64.0 Å². The van der Waals surface area contributed by atoms with Crippen LogP contribution in [-0.2, 0) is 27.1 Å². The van der Waals surface area contributed by atoms with Crippen LogP contribution >= 0.6 is 11.6 Å². The molecule has 0 unspecified atom stereocenters. The van der Waals surface area contributed by atoms with Gasteiger partial charge in [0.25, 0.3) is 0 Å². The molecule has 1 atom stereocenters. The van der Waals surface area contributed by atoms with Gasteiger partial charge < -0.3 is 5.32 Å². The summed E-state index contributed by atoms with van der Waals surface area (Å²) in [6.07, 6.45) is 0.429. The van der Waals surface area contributed by atoms with Gasteiger partial charge in [-0.2, -0.15) is 5.10 Å². The van der Waals surface area contributed by atoms with E-state index in [4.69, 9.17) is 11.6 Å². The van der Waals surface area contributed by atoms with Gasteiger partial charge in [-0.1, -0.05) is 31.5 Å². The lowest BCUT2D eigenvalue weighted by Gasteiger charge is -2.12. The first-order valence-electron chi connectivity index (χ1n) is 7.45. The van der Waals surface area contributed by atoms with E-state index in [1.807, 2.05) is 26.0 Å². The van der Waals surface area contributed by atoms with Gasteiger partial charge in [-0.15, -0.1) is 0 Å². The second-order valence-electron chi connectivity index (χ2n) is 6.04. The zero-order valence-corrected chi connectivity index (χ0v) is 14.6. The molecule has 1 aliphatic heterocycles. The molecule has 0 bridgehead atoms. The van der Waals surface area contributed by atoms with Gasteiger partial charge in [-0.25, -0.2) is 4.68 Å². The largest absolute Gasteiger partial charge is 0.310 e. The number of fused-ring (bicyclic) bond motifs is 1. The van der Waals surface area contributed by atoms with Crippen molar-refractivity contribution in [2.75, 3.05) is 5.32 Å². The van der Waals surface area contributed by atoms with Gasteiger partial charge in [-0.05, 0) is 24.1 Å². The van der Waals surface area contributed by atoms with E-state index in [0.717, 1.165) is 16.9 Å². The number of benzene rings is 1.